The van der Waals surface area contributed by atoms with Gasteiger partial charge in [-0.2, -0.15) is 5.10 Å². The molecule has 0 spiro atoms. The molecule has 0 saturated heterocycles. The Morgan fingerprint density at radius 2 is 1.59 bits per heavy atom. The Bertz CT molecular complexity index is 766. The molecule has 4 nitrogen and oxygen atoms in total. The van der Waals surface area contributed by atoms with Crippen LogP contribution in [0, 0.1) is 6.92 Å². The van der Waals surface area contributed by atoms with Gasteiger partial charge in [0.25, 0.3) is 0 Å². The van der Waals surface area contributed by atoms with Crippen molar-refractivity contribution in [3.8, 4) is 5.69 Å². The molecule has 2 aromatic carbocycles. The Balaban J connectivity index is 1.73. The molecule has 0 amide bonds. The summed E-state index contributed by atoms with van der Waals surface area (Å²) in [7, 11) is 0. The van der Waals surface area contributed by atoms with E-state index in [1.54, 1.807) is 0 Å². The Kier molecular flexibility index (Phi) is 4.16. The standard InChI is InChI=1S/C17H16N4S/c1-13-16(12-21(20-13)15-10-6-3-7-11-15)19-17(22)18-14-8-4-2-5-9-14/h2-12H,1H3,(H2,18,19,22). The minimum absolute atomic E-state index is 0.543. The van der Waals surface area contributed by atoms with Gasteiger partial charge in [-0.1, -0.05) is 36.4 Å². The number of para-hydroxylation sites is 2. The molecular formula is C17H16N4S. The molecule has 110 valence electrons. The van der Waals surface area contributed by atoms with Crippen molar-refractivity contribution < 1.29 is 0 Å². The predicted molar refractivity (Wildman–Crippen MR) is 94.6 cm³/mol. The molecule has 0 radical (unpaired) electrons. The van der Waals surface area contributed by atoms with Crippen molar-refractivity contribution in [2.75, 3.05) is 10.6 Å². The van der Waals surface area contributed by atoms with Gasteiger partial charge in [-0.25, -0.2) is 4.68 Å². The van der Waals surface area contributed by atoms with Crippen molar-refractivity contribution in [3.05, 3.63) is 72.6 Å². The highest BCUT2D eigenvalue weighted by atomic mass is 32.1. The number of thiocarbonyl (C=S) groups is 1. The summed E-state index contributed by atoms with van der Waals surface area (Å²) < 4.78 is 1.84. The van der Waals surface area contributed by atoms with Gasteiger partial charge in [0.1, 0.15) is 0 Å². The van der Waals surface area contributed by atoms with Crippen LogP contribution in [0.2, 0.25) is 0 Å². The normalized spacial score (nSPS) is 10.2. The summed E-state index contributed by atoms with van der Waals surface area (Å²) in [5.41, 5.74) is 3.74. The maximum atomic E-state index is 5.34. The molecule has 3 rings (SSSR count). The van der Waals surface area contributed by atoms with Gasteiger partial charge in [-0.3, -0.25) is 0 Å². The van der Waals surface area contributed by atoms with Crippen LogP contribution < -0.4 is 10.6 Å². The molecule has 0 unspecified atom stereocenters. The third-order valence-corrected chi connectivity index (χ3v) is 3.40. The van der Waals surface area contributed by atoms with Gasteiger partial charge in [-0.15, -0.1) is 0 Å². The lowest BCUT2D eigenvalue weighted by molar-refractivity contribution is 0.863. The zero-order valence-electron chi connectivity index (χ0n) is 12.2. The monoisotopic (exact) mass is 308 g/mol. The highest BCUT2D eigenvalue weighted by molar-refractivity contribution is 7.80. The van der Waals surface area contributed by atoms with Gasteiger partial charge in [-0.05, 0) is 43.4 Å². The Morgan fingerprint density at radius 3 is 2.27 bits per heavy atom. The first kappa shape index (κ1) is 14.3. The van der Waals surface area contributed by atoms with E-state index in [2.05, 4.69) is 15.7 Å². The summed E-state index contributed by atoms with van der Waals surface area (Å²) in [5.74, 6) is 0. The fraction of sp³-hybridized carbons (Fsp3) is 0.0588. The van der Waals surface area contributed by atoms with E-state index in [1.165, 1.54) is 0 Å². The molecule has 1 heterocycles. The second kappa shape index (κ2) is 6.41. The Hall–Kier alpha value is -2.66. The van der Waals surface area contributed by atoms with Crippen LogP contribution in [0.15, 0.2) is 66.9 Å². The number of anilines is 2. The van der Waals surface area contributed by atoms with E-state index in [0.717, 1.165) is 22.8 Å². The fourth-order valence-corrected chi connectivity index (χ4v) is 2.33. The number of nitrogens with zero attached hydrogens (tertiary/aromatic N) is 2. The van der Waals surface area contributed by atoms with Gasteiger partial charge >= 0.3 is 0 Å². The van der Waals surface area contributed by atoms with Crippen LogP contribution in [0.25, 0.3) is 5.69 Å². The predicted octanol–water partition coefficient (Wildman–Crippen LogP) is 3.99. The molecule has 0 aliphatic rings. The lowest BCUT2D eigenvalue weighted by atomic mass is 10.3. The first-order valence-electron chi connectivity index (χ1n) is 6.97. The maximum absolute atomic E-state index is 5.34. The molecule has 0 atom stereocenters. The molecule has 1 aromatic heterocycles. The average molecular weight is 308 g/mol. The zero-order chi connectivity index (χ0) is 15.4. The van der Waals surface area contributed by atoms with E-state index in [9.17, 15) is 0 Å². The minimum atomic E-state index is 0.543. The SMILES string of the molecule is Cc1nn(-c2ccccc2)cc1NC(=S)Nc1ccccc1. The largest absolute Gasteiger partial charge is 0.332 e. The Morgan fingerprint density at radius 1 is 0.955 bits per heavy atom. The van der Waals surface area contributed by atoms with Crippen molar-refractivity contribution >= 4 is 28.7 Å². The molecule has 3 aromatic rings. The second-order valence-electron chi connectivity index (χ2n) is 4.85. The van der Waals surface area contributed by atoms with E-state index >= 15 is 0 Å². The van der Waals surface area contributed by atoms with E-state index in [-0.39, 0.29) is 0 Å². The lowest BCUT2D eigenvalue weighted by Crippen LogP contribution is -2.19. The van der Waals surface area contributed by atoms with Crippen molar-refractivity contribution in [1.82, 2.24) is 9.78 Å². The quantitative estimate of drug-likeness (QED) is 0.718. The van der Waals surface area contributed by atoms with Crippen molar-refractivity contribution in [3.63, 3.8) is 0 Å². The van der Waals surface area contributed by atoms with Crippen molar-refractivity contribution in [2.45, 2.75) is 6.92 Å². The summed E-state index contributed by atoms with van der Waals surface area (Å²) in [6.45, 7) is 1.95. The highest BCUT2D eigenvalue weighted by Crippen LogP contribution is 2.17. The maximum Gasteiger partial charge on any atom is 0.175 e. The van der Waals surface area contributed by atoms with Gasteiger partial charge in [0.05, 0.1) is 23.3 Å². The molecule has 2 N–H and O–H groups in total. The summed E-state index contributed by atoms with van der Waals surface area (Å²) in [6, 6.07) is 19.8. The smallest absolute Gasteiger partial charge is 0.175 e. The van der Waals surface area contributed by atoms with Crippen LogP contribution in [0.1, 0.15) is 5.69 Å². The van der Waals surface area contributed by atoms with E-state index in [4.69, 9.17) is 12.2 Å². The minimum Gasteiger partial charge on any atom is -0.332 e. The summed E-state index contributed by atoms with van der Waals surface area (Å²) >= 11 is 5.34. The number of hydrogen-bond donors (Lipinski definition) is 2. The van der Waals surface area contributed by atoms with E-state index in [0.29, 0.717) is 5.11 Å². The van der Waals surface area contributed by atoms with Crippen LogP contribution >= 0.6 is 12.2 Å². The molecule has 0 aliphatic carbocycles. The van der Waals surface area contributed by atoms with Gasteiger partial charge in [0.2, 0.25) is 0 Å². The average Bonchev–Trinajstić information content (AvgIpc) is 2.90. The fourth-order valence-electron chi connectivity index (χ4n) is 2.10. The summed E-state index contributed by atoms with van der Waals surface area (Å²) in [4.78, 5) is 0. The zero-order valence-corrected chi connectivity index (χ0v) is 13.0. The third-order valence-electron chi connectivity index (χ3n) is 3.20. The molecule has 0 bridgehead atoms. The molecule has 0 fully saturated rings. The first-order chi connectivity index (χ1) is 10.7. The molecular weight excluding hydrogens is 292 g/mol. The number of rotatable bonds is 3. The number of hydrogen-bond acceptors (Lipinski definition) is 2. The summed E-state index contributed by atoms with van der Waals surface area (Å²) in [5, 5.41) is 11.4. The van der Waals surface area contributed by atoms with E-state index < -0.39 is 0 Å². The van der Waals surface area contributed by atoms with Crippen LogP contribution in [0.4, 0.5) is 11.4 Å². The van der Waals surface area contributed by atoms with Crippen LogP contribution in [-0.2, 0) is 0 Å². The molecule has 22 heavy (non-hydrogen) atoms. The molecule has 5 heteroatoms. The van der Waals surface area contributed by atoms with Crippen LogP contribution in [-0.4, -0.2) is 14.9 Å². The Labute approximate surface area is 134 Å². The number of benzene rings is 2. The van der Waals surface area contributed by atoms with Gasteiger partial charge < -0.3 is 10.6 Å². The first-order valence-corrected chi connectivity index (χ1v) is 7.38. The number of aromatic nitrogens is 2. The molecule has 0 saturated carbocycles. The van der Waals surface area contributed by atoms with E-state index in [1.807, 2.05) is 78.5 Å². The number of aryl methyl sites for hydroxylation is 1. The topological polar surface area (TPSA) is 41.9 Å². The van der Waals surface area contributed by atoms with Crippen LogP contribution in [0.5, 0.6) is 0 Å². The summed E-state index contributed by atoms with van der Waals surface area (Å²) in [6.07, 6.45) is 1.93. The number of nitrogens with one attached hydrogen (secondary N) is 2. The van der Waals surface area contributed by atoms with Crippen molar-refractivity contribution in [1.29, 1.82) is 0 Å². The van der Waals surface area contributed by atoms with Crippen LogP contribution in [0.3, 0.4) is 0 Å². The highest BCUT2D eigenvalue weighted by Gasteiger charge is 2.07. The van der Waals surface area contributed by atoms with Gasteiger partial charge in [0, 0.05) is 5.69 Å². The van der Waals surface area contributed by atoms with Crippen molar-refractivity contribution in [2.24, 2.45) is 0 Å². The third kappa shape index (κ3) is 3.32. The lowest BCUT2D eigenvalue weighted by Gasteiger charge is -2.09. The molecule has 0 aliphatic heterocycles. The van der Waals surface area contributed by atoms with Gasteiger partial charge in [0.15, 0.2) is 5.11 Å². The second-order valence-corrected chi connectivity index (χ2v) is 5.26.